The molecule has 1 amide bonds. The molecular weight excluding hydrogens is 431 g/mol. The van der Waals surface area contributed by atoms with Crippen LogP contribution in [0.15, 0.2) is 23.7 Å². The van der Waals surface area contributed by atoms with Gasteiger partial charge in [0.2, 0.25) is 5.91 Å². The third-order valence-electron chi connectivity index (χ3n) is 4.68. The zero-order valence-corrected chi connectivity index (χ0v) is 17.8. The summed E-state index contributed by atoms with van der Waals surface area (Å²) in [6, 6.07) is 0. The molecule has 0 aliphatic heterocycles. The number of hydrogen-bond acceptors (Lipinski definition) is 3. The average Bonchev–Trinajstić information content (AvgIpc) is 3.25. The second kappa shape index (κ2) is 10.6. The molecule has 0 saturated heterocycles. The summed E-state index contributed by atoms with van der Waals surface area (Å²) >= 11 is 0. The molecule has 2 rings (SSSR count). The zero-order valence-electron chi connectivity index (χ0n) is 15.5. The molecule has 0 bridgehead atoms. The van der Waals surface area contributed by atoms with Crippen molar-refractivity contribution in [3.8, 4) is 0 Å². The first-order chi connectivity index (χ1) is 11.6. The van der Waals surface area contributed by atoms with Crippen molar-refractivity contribution in [3.63, 3.8) is 0 Å². The van der Waals surface area contributed by atoms with Crippen molar-refractivity contribution in [2.75, 3.05) is 34.2 Å². The van der Waals surface area contributed by atoms with Gasteiger partial charge in [0.1, 0.15) is 0 Å². The van der Waals surface area contributed by atoms with Crippen LogP contribution in [0.5, 0.6) is 0 Å². The van der Waals surface area contributed by atoms with Gasteiger partial charge in [0.25, 0.3) is 0 Å². The molecule has 1 aromatic rings. The average molecular weight is 462 g/mol. The fourth-order valence-electron chi connectivity index (χ4n) is 3.35. The Kier molecular flexibility index (Phi) is 9.23. The number of rotatable bonds is 7. The number of imidazole rings is 1. The number of aryl methyl sites for hydroxylation is 1. The Hall–Kier alpha value is -1.32. The molecule has 0 spiro atoms. The van der Waals surface area contributed by atoms with Crippen molar-refractivity contribution >= 4 is 35.8 Å². The van der Waals surface area contributed by atoms with E-state index in [4.69, 9.17) is 0 Å². The van der Waals surface area contributed by atoms with E-state index in [1.54, 1.807) is 18.1 Å². The molecule has 7 nitrogen and oxygen atoms in total. The van der Waals surface area contributed by atoms with Gasteiger partial charge in [-0.05, 0) is 19.3 Å². The predicted octanol–water partition coefficient (Wildman–Crippen LogP) is 1.70. The third kappa shape index (κ3) is 6.16. The molecule has 1 fully saturated rings. The molecule has 25 heavy (non-hydrogen) atoms. The van der Waals surface area contributed by atoms with Crippen LogP contribution >= 0.6 is 24.0 Å². The van der Waals surface area contributed by atoms with Gasteiger partial charge < -0.3 is 20.1 Å². The van der Waals surface area contributed by atoms with Crippen molar-refractivity contribution in [1.82, 2.24) is 25.1 Å². The molecule has 1 aromatic heterocycles. The molecule has 0 atom stereocenters. The number of guanidine groups is 1. The molecule has 1 aliphatic carbocycles. The lowest BCUT2D eigenvalue weighted by molar-refractivity contribution is -0.138. The highest BCUT2D eigenvalue weighted by Gasteiger charge is 2.42. The van der Waals surface area contributed by atoms with Gasteiger partial charge in [-0.2, -0.15) is 0 Å². The Morgan fingerprint density at radius 2 is 2.04 bits per heavy atom. The van der Waals surface area contributed by atoms with E-state index >= 15 is 0 Å². The molecule has 1 saturated carbocycles. The van der Waals surface area contributed by atoms with Crippen molar-refractivity contribution in [2.24, 2.45) is 10.4 Å². The van der Waals surface area contributed by atoms with Crippen LogP contribution in [0.25, 0.3) is 0 Å². The number of halogens is 1. The van der Waals surface area contributed by atoms with Gasteiger partial charge in [-0.15, -0.1) is 24.0 Å². The summed E-state index contributed by atoms with van der Waals surface area (Å²) in [7, 11) is 5.44. The summed E-state index contributed by atoms with van der Waals surface area (Å²) in [4.78, 5) is 22.6. The van der Waals surface area contributed by atoms with Crippen molar-refractivity contribution in [2.45, 2.75) is 38.6 Å². The van der Waals surface area contributed by atoms with Crippen molar-refractivity contribution in [3.05, 3.63) is 18.7 Å². The van der Waals surface area contributed by atoms with Crippen LogP contribution in [0.3, 0.4) is 0 Å². The van der Waals surface area contributed by atoms with Crippen LogP contribution < -0.4 is 10.6 Å². The number of nitrogens with one attached hydrogen (secondary N) is 2. The molecular formula is C17H31IN6O. The maximum atomic E-state index is 12.6. The monoisotopic (exact) mass is 462 g/mol. The smallest absolute Gasteiger partial charge is 0.230 e. The van der Waals surface area contributed by atoms with E-state index in [2.05, 4.69) is 25.2 Å². The van der Waals surface area contributed by atoms with E-state index in [-0.39, 0.29) is 35.3 Å². The second-order valence-electron chi connectivity index (χ2n) is 6.69. The predicted molar refractivity (Wildman–Crippen MR) is 111 cm³/mol. The van der Waals surface area contributed by atoms with Gasteiger partial charge in [-0.1, -0.05) is 12.8 Å². The van der Waals surface area contributed by atoms with Crippen LogP contribution in [0.4, 0.5) is 0 Å². The molecule has 0 unspecified atom stereocenters. The summed E-state index contributed by atoms with van der Waals surface area (Å²) in [5, 5.41) is 6.68. The molecule has 0 radical (unpaired) electrons. The van der Waals surface area contributed by atoms with Crippen LogP contribution in [-0.4, -0.2) is 60.6 Å². The van der Waals surface area contributed by atoms with Crippen molar-refractivity contribution < 1.29 is 4.79 Å². The van der Waals surface area contributed by atoms with Gasteiger partial charge in [0.05, 0.1) is 11.7 Å². The number of hydrogen-bond donors (Lipinski definition) is 2. The molecule has 1 heterocycles. The number of aliphatic imine (C=N–C) groups is 1. The van der Waals surface area contributed by atoms with Crippen LogP contribution in [-0.2, 0) is 11.3 Å². The Morgan fingerprint density at radius 3 is 2.60 bits per heavy atom. The first-order valence-electron chi connectivity index (χ1n) is 8.69. The first kappa shape index (κ1) is 21.7. The minimum Gasteiger partial charge on any atom is -0.356 e. The molecule has 0 aromatic carbocycles. The lowest BCUT2D eigenvalue weighted by Crippen LogP contribution is -2.49. The normalized spacial score (nSPS) is 16.2. The van der Waals surface area contributed by atoms with E-state index in [1.165, 1.54) is 0 Å². The van der Waals surface area contributed by atoms with Crippen LogP contribution in [0.2, 0.25) is 0 Å². The van der Waals surface area contributed by atoms with E-state index < -0.39 is 0 Å². The fraction of sp³-hybridized carbons (Fsp3) is 0.706. The quantitative estimate of drug-likeness (QED) is 0.280. The fourth-order valence-corrected chi connectivity index (χ4v) is 3.35. The molecule has 2 N–H and O–H groups in total. The minimum atomic E-state index is -0.280. The third-order valence-corrected chi connectivity index (χ3v) is 4.68. The Morgan fingerprint density at radius 1 is 1.32 bits per heavy atom. The van der Waals surface area contributed by atoms with Crippen LogP contribution in [0.1, 0.15) is 32.1 Å². The highest BCUT2D eigenvalue weighted by Crippen LogP contribution is 2.38. The SMILES string of the molecule is CN=C(NCCCn1ccnc1)NCC1(C(=O)N(C)C)CCCC1.I. The molecule has 1 aliphatic rings. The Labute approximate surface area is 167 Å². The number of nitrogens with zero attached hydrogens (tertiary/aromatic N) is 4. The largest absolute Gasteiger partial charge is 0.356 e. The minimum absolute atomic E-state index is 0. The number of carbonyl (C=O) groups is 1. The number of aromatic nitrogens is 2. The second-order valence-corrected chi connectivity index (χ2v) is 6.69. The van der Waals surface area contributed by atoms with Gasteiger partial charge in [0, 0.05) is 53.2 Å². The van der Waals surface area contributed by atoms with Crippen molar-refractivity contribution in [1.29, 1.82) is 0 Å². The number of amides is 1. The molecule has 142 valence electrons. The van der Waals surface area contributed by atoms with Gasteiger partial charge in [-0.3, -0.25) is 9.79 Å². The topological polar surface area (TPSA) is 74.5 Å². The highest BCUT2D eigenvalue weighted by molar-refractivity contribution is 14.0. The maximum absolute atomic E-state index is 12.6. The number of carbonyl (C=O) groups excluding carboxylic acids is 1. The lowest BCUT2D eigenvalue weighted by Gasteiger charge is -2.31. The van der Waals surface area contributed by atoms with Gasteiger partial charge >= 0.3 is 0 Å². The zero-order chi connectivity index (χ0) is 17.4. The Bertz CT molecular complexity index is 537. The summed E-state index contributed by atoms with van der Waals surface area (Å²) in [5.41, 5.74) is -0.280. The van der Waals surface area contributed by atoms with Crippen LogP contribution in [0, 0.1) is 5.41 Å². The standard InChI is InChI=1S/C17H30N6O.HI/c1-18-16(20-9-6-11-23-12-10-19-14-23)21-13-17(7-4-5-8-17)15(24)22(2)3;/h10,12,14H,4-9,11,13H2,1-3H3,(H2,18,20,21);1H. The summed E-state index contributed by atoms with van der Waals surface area (Å²) < 4.78 is 2.06. The maximum Gasteiger partial charge on any atom is 0.230 e. The van der Waals surface area contributed by atoms with E-state index in [0.29, 0.717) is 6.54 Å². The van der Waals surface area contributed by atoms with Gasteiger partial charge in [0.15, 0.2) is 5.96 Å². The summed E-state index contributed by atoms with van der Waals surface area (Å²) in [5.74, 6) is 0.988. The van der Waals surface area contributed by atoms with E-state index in [0.717, 1.165) is 51.2 Å². The summed E-state index contributed by atoms with van der Waals surface area (Å²) in [6.07, 6.45) is 10.7. The van der Waals surface area contributed by atoms with E-state index in [9.17, 15) is 4.79 Å². The molecule has 8 heteroatoms. The highest BCUT2D eigenvalue weighted by atomic mass is 127. The van der Waals surface area contributed by atoms with E-state index in [1.807, 2.05) is 26.6 Å². The summed E-state index contributed by atoms with van der Waals surface area (Å²) in [6.45, 7) is 2.39. The first-order valence-corrected chi connectivity index (χ1v) is 8.69. The Balaban J connectivity index is 0.00000312. The lowest BCUT2D eigenvalue weighted by atomic mass is 9.84. The van der Waals surface area contributed by atoms with Gasteiger partial charge in [-0.25, -0.2) is 4.98 Å².